The molecule has 0 unspecified atom stereocenters. The largest absolute Gasteiger partial charge is 0.492 e. The summed E-state index contributed by atoms with van der Waals surface area (Å²) in [6, 6.07) is 29.6. The van der Waals surface area contributed by atoms with E-state index in [4.69, 9.17) is 14.7 Å². The molecule has 3 aromatic heterocycles. The third-order valence-corrected chi connectivity index (χ3v) is 7.99. The number of nitrogens with zero attached hydrogens (tertiary/aromatic N) is 3. The molecule has 1 amide bonds. The average molecular weight is 522 g/mol. The summed E-state index contributed by atoms with van der Waals surface area (Å²) < 4.78 is 6.80. The highest BCUT2D eigenvalue weighted by Gasteiger charge is 2.25. The molecule has 0 N–H and O–H groups in total. The Balaban J connectivity index is 1.51. The monoisotopic (exact) mass is 521 g/mol. The first-order valence-corrected chi connectivity index (χ1v) is 13.7. The van der Waals surface area contributed by atoms with E-state index in [1.165, 1.54) is 11.3 Å². The number of hydrogen-bond donors (Lipinski definition) is 0. The number of thiazole rings is 1. The van der Waals surface area contributed by atoms with Crippen LogP contribution in [-0.2, 0) is 6.54 Å². The van der Waals surface area contributed by atoms with Crippen LogP contribution < -0.4 is 9.64 Å². The van der Waals surface area contributed by atoms with Crippen molar-refractivity contribution in [2.24, 2.45) is 0 Å². The molecule has 3 aromatic carbocycles. The van der Waals surface area contributed by atoms with E-state index in [0.717, 1.165) is 43.0 Å². The van der Waals surface area contributed by atoms with Gasteiger partial charge in [0.15, 0.2) is 5.13 Å². The highest BCUT2D eigenvalue weighted by atomic mass is 32.1. The van der Waals surface area contributed by atoms with Gasteiger partial charge in [0.05, 0.1) is 39.5 Å². The van der Waals surface area contributed by atoms with Gasteiger partial charge >= 0.3 is 0 Å². The number of rotatable bonds is 7. The Hall–Kier alpha value is -4.07. The molecule has 5 nitrogen and oxygen atoms in total. The Kier molecular flexibility index (Phi) is 6.39. The fourth-order valence-electron chi connectivity index (χ4n) is 4.34. The number of carbonyl (C=O) groups is 1. The molecule has 6 rings (SSSR count). The quantitative estimate of drug-likeness (QED) is 0.215. The van der Waals surface area contributed by atoms with E-state index in [1.807, 2.05) is 103 Å². The summed E-state index contributed by atoms with van der Waals surface area (Å²) in [7, 11) is 0. The predicted octanol–water partition coefficient (Wildman–Crippen LogP) is 7.82. The molecule has 0 saturated carbocycles. The van der Waals surface area contributed by atoms with Crippen LogP contribution in [0.1, 0.15) is 22.8 Å². The van der Waals surface area contributed by atoms with Gasteiger partial charge in [-0.15, -0.1) is 11.3 Å². The molecular formula is C30H23N3O2S2. The number of carbonyl (C=O) groups excluding carboxylic acids is 1. The normalized spacial score (nSPS) is 11.2. The summed E-state index contributed by atoms with van der Waals surface area (Å²) in [4.78, 5) is 27.0. The Labute approximate surface area is 222 Å². The van der Waals surface area contributed by atoms with E-state index in [0.29, 0.717) is 23.8 Å². The molecule has 7 heteroatoms. The number of amides is 1. The molecule has 0 aliphatic rings. The molecule has 3 heterocycles. The van der Waals surface area contributed by atoms with Crippen LogP contribution in [0.5, 0.6) is 5.75 Å². The molecule has 0 radical (unpaired) electrons. The Morgan fingerprint density at radius 1 is 0.919 bits per heavy atom. The minimum absolute atomic E-state index is 0.114. The fraction of sp³-hybridized carbons (Fsp3) is 0.100. The maximum atomic E-state index is 14.4. The third kappa shape index (κ3) is 4.59. The van der Waals surface area contributed by atoms with Crippen molar-refractivity contribution in [3.05, 3.63) is 108 Å². The minimum atomic E-state index is -0.114. The van der Waals surface area contributed by atoms with Crippen LogP contribution in [0.25, 0.3) is 31.7 Å². The second-order valence-corrected chi connectivity index (χ2v) is 10.4. The van der Waals surface area contributed by atoms with Crippen LogP contribution in [0.4, 0.5) is 5.13 Å². The van der Waals surface area contributed by atoms with Gasteiger partial charge in [0.2, 0.25) is 0 Å². The fourth-order valence-corrected chi connectivity index (χ4v) is 6.01. The van der Waals surface area contributed by atoms with Crippen molar-refractivity contribution < 1.29 is 9.53 Å². The van der Waals surface area contributed by atoms with Gasteiger partial charge in [0.25, 0.3) is 5.91 Å². The average Bonchev–Trinajstić information content (AvgIpc) is 3.63. The zero-order valence-electron chi connectivity index (χ0n) is 20.1. The van der Waals surface area contributed by atoms with Gasteiger partial charge in [0, 0.05) is 5.39 Å². The summed E-state index contributed by atoms with van der Waals surface area (Å²) in [6.45, 7) is 2.90. The first kappa shape index (κ1) is 23.3. The number of thiophene rings is 1. The summed E-state index contributed by atoms with van der Waals surface area (Å²) in [5, 5.41) is 3.48. The zero-order valence-corrected chi connectivity index (χ0v) is 21.8. The molecule has 0 fully saturated rings. The van der Waals surface area contributed by atoms with Crippen molar-refractivity contribution in [2.45, 2.75) is 13.5 Å². The first-order chi connectivity index (χ1) is 18.2. The Morgan fingerprint density at radius 3 is 2.57 bits per heavy atom. The lowest BCUT2D eigenvalue weighted by Gasteiger charge is -2.21. The second-order valence-electron chi connectivity index (χ2n) is 8.46. The predicted molar refractivity (Wildman–Crippen MR) is 153 cm³/mol. The lowest BCUT2D eigenvalue weighted by atomic mass is 10.1. The van der Waals surface area contributed by atoms with E-state index in [9.17, 15) is 4.79 Å². The van der Waals surface area contributed by atoms with Gasteiger partial charge in [-0.1, -0.05) is 72.0 Å². The number of fused-ring (bicyclic) bond motifs is 2. The molecule has 0 spiro atoms. The first-order valence-electron chi connectivity index (χ1n) is 12.0. The van der Waals surface area contributed by atoms with Crippen LogP contribution in [0, 0.1) is 0 Å². The smallest absolute Gasteiger partial charge is 0.261 e. The number of para-hydroxylation sites is 2. The molecule has 182 valence electrons. The van der Waals surface area contributed by atoms with Crippen LogP contribution >= 0.6 is 22.7 Å². The number of pyridine rings is 1. The maximum absolute atomic E-state index is 14.4. The highest BCUT2D eigenvalue weighted by Crippen LogP contribution is 2.36. The third-order valence-electron chi connectivity index (χ3n) is 6.05. The van der Waals surface area contributed by atoms with Crippen LogP contribution in [0.15, 0.2) is 96.4 Å². The SMILES string of the molecule is CCOc1cccc2sc(N(Cc3ccccc3)C(=O)c3cc(-c4cccs4)nc4ccccc34)nc12. The molecule has 37 heavy (non-hydrogen) atoms. The number of aromatic nitrogens is 2. The molecule has 0 atom stereocenters. The number of hydrogen-bond acceptors (Lipinski definition) is 6. The molecule has 0 saturated heterocycles. The summed E-state index contributed by atoms with van der Waals surface area (Å²) >= 11 is 3.11. The Morgan fingerprint density at radius 2 is 1.76 bits per heavy atom. The van der Waals surface area contributed by atoms with Crippen LogP contribution in [0.3, 0.4) is 0 Å². The molecular weight excluding hydrogens is 498 g/mol. The van der Waals surface area contributed by atoms with Crippen LogP contribution in [-0.4, -0.2) is 22.5 Å². The van der Waals surface area contributed by atoms with E-state index in [-0.39, 0.29) is 5.91 Å². The van der Waals surface area contributed by atoms with Crippen molar-refractivity contribution >= 4 is 54.8 Å². The molecule has 6 aromatic rings. The van der Waals surface area contributed by atoms with Gasteiger partial charge in [-0.3, -0.25) is 9.69 Å². The zero-order chi connectivity index (χ0) is 25.2. The second kappa shape index (κ2) is 10.1. The van der Waals surface area contributed by atoms with E-state index < -0.39 is 0 Å². The summed E-state index contributed by atoms with van der Waals surface area (Å²) in [5.41, 5.74) is 3.99. The lowest BCUT2D eigenvalue weighted by molar-refractivity contribution is 0.0986. The summed E-state index contributed by atoms with van der Waals surface area (Å²) in [5.74, 6) is 0.612. The van der Waals surface area contributed by atoms with Gasteiger partial charge in [-0.2, -0.15) is 0 Å². The molecule has 0 aliphatic heterocycles. The molecule has 0 aliphatic carbocycles. The van der Waals surface area contributed by atoms with Gasteiger partial charge < -0.3 is 4.74 Å². The molecule has 0 bridgehead atoms. The number of ether oxygens (including phenoxy) is 1. The minimum Gasteiger partial charge on any atom is -0.492 e. The van der Waals surface area contributed by atoms with E-state index >= 15 is 0 Å². The van der Waals surface area contributed by atoms with Gasteiger partial charge in [-0.25, -0.2) is 9.97 Å². The van der Waals surface area contributed by atoms with Gasteiger partial charge in [-0.05, 0) is 48.2 Å². The van der Waals surface area contributed by atoms with E-state index in [2.05, 4.69) is 0 Å². The van der Waals surface area contributed by atoms with Crippen molar-refractivity contribution in [3.8, 4) is 16.3 Å². The highest BCUT2D eigenvalue weighted by molar-refractivity contribution is 7.22. The standard InChI is InChI=1S/C30H23N3O2S2/c1-2-35-25-14-8-15-27-28(25)32-30(37-27)33(19-20-10-4-3-5-11-20)29(34)22-18-24(26-16-9-17-36-26)31-23-13-7-6-12-21(22)23/h3-18H,2,19H2,1H3. The Bertz CT molecular complexity index is 1700. The van der Waals surface area contributed by atoms with E-state index in [1.54, 1.807) is 16.2 Å². The number of benzene rings is 3. The van der Waals surface area contributed by atoms with Crippen molar-refractivity contribution in [3.63, 3.8) is 0 Å². The topological polar surface area (TPSA) is 55.3 Å². The van der Waals surface area contributed by atoms with Gasteiger partial charge in [0.1, 0.15) is 11.3 Å². The maximum Gasteiger partial charge on any atom is 0.261 e. The van der Waals surface area contributed by atoms with Crippen LogP contribution in [0.2, 0.25) is 0 Å². The summed E-state index contributed by atoms with van der Waals surface area (Å²) in [6.07, 6.45) is 0. The van der Waals surface area contributed by atoms with Crippen molar-refractivity contribution in [1.29, 1.82) is 0 Å². The number of anilines is 1. The van der Waals surface area contributed by atoms with Crippen molar-refractivity contribution in [2.75, 3.05) is 11.5 Å². The van der Waals surface area contributed by atoms with Crippen molar-refractivity contribution in [1.82, 2.24) is 9.97 Å². The lowest BCUT2D eigenvalue weighted by Crippen LogP contribution is -2.30.